The molecular weight excluding hydrogens is 408 g/mol. The highest BCUT2D eigenvalue weighted by molar-refractivity contribution is 7.14. The molecule has 6 heteroatoms. The van der Waals surface area contributed by atoms with Crippen molar-refractivity contribution < 1.29 is 14.3 Å². The zero-order chi connectivity index (χ0) is 22.3. The number of nitrogens with one attached hydrogen (secondary N) is 1. The van der Waals surface area contributed by atoms with Crippen LogP contribution in [0.3, 0.4) is 0 Å². The molecule has 0 saturated carbocycles. The van der Waals surface area contributed by atoms with E-state index in [1.54, 1.807) is 0 Å². The second kappa shape index (κ2) is 10.4. The minimum absolute atomic E-state index is 0.0642. The summed E-state index contributed by atoms with van der Waals surface area (Å²) in [6.45, 7) is 9.59. The van der Waals surface area contributed by atoms with Crippen molar-refractivity contribution in [3.05, 3.63) is 59.5 Å². The predicted octanol–water partition coefficient (Wildman–Crippen LogP) is 6.30. The number of ether oxygens (including phenoxy) is 2. The number of carbonyl (C=O) groups excluding carboxylic acids is 1. The van der Waals surface area contributed by atoms with Gasteiger partial charge < -0.3 is 14.8 Å². The Balaban J connectivity index is 1.46. The van der Waals surface area contributed by atoms with Crippen molar-refractivity contribution in [2.45, 2.75) is 46.0 Å². The Morgan fingerprint density at radius 1 is 1.06 bits per heavy atom. The van der Waals surface area contributed by atoms with E-state index in [2.05, 4.69) is 43.2 Å². The van der Waals surface area contributed by atoms with Gasteiger partial charge in [-0.05, 0) is 48.6 Å². The van der Waals surface area contributed by atoms with Gasteiger partial charge in [0.05, 0.1) is 18.9 Å². The van der Waals surface area contributed by atoms with Crippen LogP contribution in [0, 0.1) is 0 Å². The van der Waals surface area contributed by atoms with E-state index in [1.165, 1.54) is 16.9 Å². The first-order valence-corrected chi connectivity index (χ1v) is 11.5. The number of rotatable bonds is 9. The quantitative estimate of drug-likeness (QED) is 0.398. The van der Waals surface area contributed by atoms with Crippen molar-refractivity contribution >= 4 is 22.4 Å². The van der Waals surface area contributed by atoms with Crippen molar-refractivity contribution in [1.82, 2.24) is 4.98 Å². The molecule has 0 aliphatic rings. The number of anilines is 1. The minimum atomic E-state index is -0.0642. The average molecular weight is 439 g/mol. The lowest BCUT2D eigenvalue weighted by molar-refractivity contribution is -0.116. The number of para-hydroxylation sites is 1. The van der Waals surface area contributed by atoms with Crippen LogP contribution < -0.4 is 14.8 Å². The lowest BCUT2D eigenvalue weighted by atomic mass is 9.87. The van der Waals surface area contributed by atoms with Crippen LogP contribution >= 0.6 is 11.3 Å². The van der Waals surface area contributed by atoms with Crippen LogP contribution in [0.2, 0.25) is 0 Å². The Bertz CT molecular complexity index is 991. The summed E-state index contributed by atoms with van der Waals surface area (Å²) in [4.78, 5) is 16.8. The Kier molecular flexibility index (Phi) is 7.69. The van der Waals surface area contributed by atoms with E-state index in [0.717, 1.165) is 22.8 Å². The van der Waals surface area contributed by atoms with Crippen LogP contribution in [0.15, 0.2) is 53.9 Å². The van der Waals surface area contributed by atoms with Gasteiger partial charge in [0.25, 0.3) is 0 Å². The summed E-state index contributed by atoms with van der Waals surface area (Å²) in [7, 11) is 0. The molecule has 0 aliphatic heterocycles. The topological polar surface area (TPSA) is 60.5 Å². The minimum Gasteiger partial charge on any atom is -0.494 e. The van der Waals surface area contributed by atoms with Gasteiger partial charge in [-0.15, -0.1) is 11.3 Å². The van der Waals surface area contributed by atoms with Crippen molar-refractivity contribution in [3.63, 3.8) is 0 Å². The summed E-state index contributed by atoms with van der Waals surface area (Å²) in [5, 5.41) is 5.39. The second-order valence-electron chi connectivity index (χ2n) is 8.24. The molecule has 0 unspecified atom stereocenters. The van der Waals surface area contributed by atoms with Crippen molar-refractivity contribution in [1.29, 1.82) is 0 Å². The molecule has 0 saturated heterocycles. The summed E-state index contributed by atoms with van der Waals surface area (Å²) < 4.78 is 11.4. The Morgan fingerprint density at radius 2 is 1.81 bits per heavy atom. The Hall–Kier alpha value is -2.86. The van der Waals surface area contributed by atoms with E-state index in [-0.39, 0.29) is 11.3 Å². The van der Waals surface area contributed by atoms with Gasteiger partial charge >= 0.3 is 0 Å². The van der Waals surface area contributed by atoms with Gasteiger partial charge in [0, 0.05) is 17.4 Å². The molecule has 0 atom stereocenters. The number of thiazole rings is 1. The predicted molar refractivity (Wildman–Crippen MR) is 127 cm³/mol. The monoisotopic (exact) mass is 438 g/mol. The van der Waals surface area contributed by atoms with E-state index >= 15 is 0 Å². The van der Waals surface area contributed by atoms with Gasteiger partial charge in [0.15, 0.2) is 5.13 Å². The second-order valence-corrected chi connectivity index (χ2v) is 9.10. The van der Waals surface area contributed by atoms with Gasteiger partial charge in [0.2, 0.25) is 5.91 Å². The summed E-state index contributed by atoms with van der Waals surface area (Å²) in [6.07, 6.45) is 1.02. The molecule has 164 valence electrons. The number of benzene rings is 2. The Labute approximate surface area is 188 Å². The molecule has 1 aromatic heterocycles. The maximum atomic E-state index is 12.3. The average Bonchev–Trinajstić information content (AvgIpc) is 3.20. The molecule has 0 aliphatic carbocycles. The van der Waals surface area contributed by atoms with Crippen LogP contribution in [-0.2, 0) is 10.2 Å². The lowest BCUT2D eigenvalue weighted by Crippen LogP contribution is -2.13. The zero-order valence-corrected chi connectivity index (χ0v) is 19.4. The summed E-state index contributed by atoms with van der Waals surface area (Å²) >= 11 is 1.41. The lowest BCUT2D eigenvalue weighted by Gasteiger charge is -2.19. The van der Waals surface area contributed by atoms with E-state index in [9.17, 15) is 4.79 Å². The molecule has 5 nitrogen and oxygen atoms in total. The first kappa shape index (κ1) is 22.8. The molecule has 2 aromatic carbocycles. The van der Waals surface area contributed by atoms with Crippen LogP contribution in [0.4, 0.5) is 5.13 Å². The zero-order valence-electron chi connectivity index (χ0n) is 18.6. The van der Waals surface area contributed by atoms with Crippen LogP contribution in [0.5, 0.6) is 11.5 Å². The maximum absolute atomic E-state index is 12.3. The van der Waals surface area contributed by atoms with Gasteiger partial charge in [-0.2, -0.15) is 0 Å². The number of carbonyl (C=O) groups is 1. The molecule has 0 fully saturated rings. The molecule has 0 spiro atoms. The van der Waals surface area contributed by atoms with E-state index in [0.29, 0.717) is 31.2 Å². The smallest absolute Gasteiger partial charge is 0.226 e. The molecule has 0 radical (unpaired) electrons. The third-order valence-corrected chi connectivity index (χ3v) is 5.51. The summed E-state index contributed by atoms with van der Waals surface area (Å²) in [5.41, 5.74) is 3.11. The van der Waals surface area contributed by atoms with Crippen LogP contribution in [0.25, 0.3) is 11.3 Å². The highest BCUT2D eigenvalue weighted by Crippen LogP contribution is 2.32. The molecule has 1 heterocycles. The number of aromatic nitrogens is 1. The molecule has 1 amide bonds. The molecule has 3 aromatic rings. The fourth-order valence-electron chi connectivity index (χ4n) is 3.07. The summed E-state index contributed by atoms with van der Waals surface area (Å²) in [6, 6.07) is 15.9. The van der Waals surface area contributed by atoms with E-state index < -0.39 is 0 Å². The number of hydrogen-bond acceptors (Lipinski definition) is 5. The summed E-state index contributed by atoms with van der Waals surface area (Å²) in [5.74, 6) is 1.55. The Morgan fingerprint density at radius 3 is 2.52 bits per heavy atom. The van der Waals surface area contributed by atoms with E-state index in [4.69, 9.17) is 9.47 Å². The van der Waals surface area contributed by atoms with Crippen molar-refractivity contribution in [2.75, 3.05) is 18.5 Å². The SMILES string of the molecule is CCOc1ccccc1-c1csc(NC(=O)CCCOc2ccc(C(C)(C)C)cc2)n1. The highest BCUT2D eigenvalue weighted by Gasteiger charge is 2.13. The largest absolute Gasteiger partial charge is 0.494 e. The van der Waals surface area contributed by atoms with Crippen LogP contribution in [0.1, 0.15) is 46.1 Å². The van der Waals surface area contributed by atoms with Gasteiger partial charge in [-0.25, -0.2) is 4.98 Å². The number of nitrogens with zero attached hydrogens (tertiary/aromatic N) is 1. The first-order chi connectivity index (χ1) is 14.9. The number of hydrogen-bond donors (Lipinski definition) is 1. The van der Waals surface area contributed by atoms with Gasteiger partial charge in [-0.1, -0.05) is 45.0 Å². The fraction of sp³-hybridized carbons (Fsp3) is 0.360. The van der Waals surface area contributed by atoms with Crippen molar-refractivity contribution in [2.24, 2.45) is 0 Å². The van der Waals surface area contributed by atoms with Gasteiger partial charge in [-0.3, -0.25) is 4.79 Å². The first-order valence-electron chi connectivity index (χ1n) is 10.6. The third kappa shape index (κ3) is 6.56. The molecule has 3 rings (SSSR count). The standard InChI is InChI=1S/C25H30N2O3S/c1-5-29-22-10-7-6-9-20(22)21-17-31-24(26-21)27-23(28)11-8-16-30-19-14-12-18(13-15-19)25(2,3)4/h6-7,9-10,12-15,17H,5,8,11,16H2,1-4H3,(H,26,27,28). The van der Waals surface area contributed by atoms with Crippen molar-refractivity contribution in [3.8, 4) is 22.8 Å². The molecule has 0 bridgehead atoms. The number of amides is 1. The van der Waals surface area contributed by atoms with E-state index in [1.807, 2.05) is 48.7 Å². The maximum Gasteiger partial charge on any atom is 0.226 e. The third-order valence-electron chi connectivity index (χ3n) is 4.75. The van der Waals surface area contributed by atoms with Gasteiger partial charge in [0.1, 0.15) is 11.5 Å². The normalized spacial score (nSPS) is 11.2. The van der Waals surface area contributed by atoms with Crippen LogP contribution in [-0.4, -0.2) is 24.1 Å². The molecule has 31 heavy (non-hydrogen) atoms. The highest BCUT2D eigenvalue weighted by atomic mass is 32.1. The molecular formula is C25H30N2O3S. The molecule has 1 N–H and O–H groups in total. The fourth-order valence-corrected chi connectivity index (χ4v) is 3.80.